The van der Waals surface area contributed by atoms with Gasteiger partial charge in [0.25, 0.3) is 0 Å². The van der Waals surface area contributed by atoms with E-state index in [1.54, 1.807) is 0 Å². The van der Waals surface area contributed by atoms with E-state index in [4.69, 9.17) is 23.7 Å². The van der Waals surface area contributed by atoms with Gasteiger partial charge in [-0.25, -0.2) is 4.79 Å². The Kier molecular flexibility index (Phi) is 10.6. The molecule has 0 saturated carbocycles. The lowest BCUT2D eigenvalue weighted by atomic mass is 10.1. The molecule has 0 aromatic heterocycles. The Morgan fingerprint density at radius 2 is 1.50 bits per heavy atom. The summed E-state index contributed by atoms with van der Waals surface area (Å²) in [5, 5.41) is 0. The van der Waals surface area contributed by atoms with Crippen LogP contribution in [0.1, 0.15) is 34.1 Å². The van der Waals surface area contributed by atoms with E-state index in [-0.39, 0.29) is 12.1 Å². The molecule has 0 heterocycles. The molecule has 0 bridgehead atoms. The second kappa shape index (κ2) is 11.0. The highest BCUT2D eigenvalue weighted by molar-refractivity contribution is 6.60. The molecule has 2 N–H and O–H groups in total. The molecule has 7 nitrogen and oxygen atoms in total. The van der Waals surface area contributed by atoms with Gasteiger partial charge in [0, 0.05) is 25.9 Å². The summed E-state index contributed by atoms with van der Waals surface area (Å²) in [4.78, 5) is 13.1. The minimum atomic E-state index is -2.83. The number of hydrogen-bond acceptors (Lipinski definition) is 6. The Hall–Kier alpha value is -0.673. The SMILES string of the molecule is CCO[Si](CC(C(CC)OC(N)=O)N(C)C)(OCC)OCC. The standard InChI is InChI=1S/C14H32N2O5Si/c1-7-13(21-14(15)17)12(16(5)6)11-22(18-8-2,19-9-3)20-10-4/h12-13H,7-11H2,1-6H3,(H2,15,17). The Bertz CT molecular complexity index is 301. The molecule has 8 heteroatoms. The van der Waals surface area contributed by atoms with Crippen molar-refractivity contribution >= 4 is 14.9 Å². The zero-order valence-electron chi connectivity index (χ0n) is 14.8. The van der Waals surface area contributed by atoms with Gasteiger partial charge in [-0.15, -0.1) is 0 Å². The van der Waals surface area contributed by atoms with Crippen molar-refractivity contribution < 1.29 is 22.8 Å². The largest absolute Gasteiger partial charge is 0.502 e. The average Bonchev–Trinajstić information content (AvgIpc) is 2.43. The van der Waals surface area contributed by atoms with Crippen LogP contribution in [-0.2, 0) is 18.0 Å². The highest BCUT2D eigenvalue weighted by Crippen LogP contribution is 2.24. The Balaban J connectivity index is 5.30. The Morgan fingerprint density at radius 3 is 1.77 bits per heavy atom. The molecule has 2 atom stereocenters. The monoisotopic (exact) mass is 336 g/mol. The predicted octanol–water partition coefficient (Wildman–Crippen LogP) is 1.84. The molecule has 0 aliphatic rings. The number of amides is 1. The molecule has 0 aliphatic heterocycles. The molecule has 0 fully saturated rings. The number of primary amides is 1. The van der Waals surface area contributed by atoms with Crippen molar-refractivity contribution in [3.63, 3.8) is 0 Å². The molecular formula is C14H32N2O5Si. The van der Waals surface area contributed by atoms with E-state index in [1.165, 1.54) is 0 Å². The molecular weight excluding hydrogens is 304 g/mol. The third-order valence-corrected chi connectivity index (χ3v) is 6.42. The fourth-order valence-corrected chi connectivity index (χ4v) is 5.51. The van der Waals surface area contributed by atoms with Gasteiger partial charge in [0.1, 0.15) is 6.10 Å². The molecule has 2 unspecified atom stereocenters. The minimum absolute atomic E-state index is 0.0891. The van der Waals surface area contributed by atoms with E-state index in [1.807, 2.05) is 46.7 Å². The summed E-state index contributed by atoms with van der Waals surface area (Å²) in [6, 6.07) is 0.454. The fraction of sp³-hybridized carbons (Fsp3) is 0.929. The maximum Gasteiger partial charge on any atom is 0.502 e. The van der Waals surface area contributed by atoms with Crippen molar-refractivity contribution in [3.8, 4) is 0 Å². The first-order valence-corrected chi connectivity index (χ1v) is 9.83. The van der Waals surface area contributed by atoms with E-state index in [9.17, 15) is 4.79 Å². The quantitative estimate of drug-likeness (QED) is 0.548. The van der Waals surface area contributed by atoms with Gasteiger partial charge in [-0.1, -0.05) is 6.92 Å². The minimum Gasteiger partial charge on any atom is -0.445 e. The maximum absolute atomic E-state index is 11.1. The second-order valence-corrected chi connectivity index (χ2v) is 7.74. The molecule has 0 rings (SSSR count). The lowest BCUT2D eigenvalue weighted by Crippen LogP contribution is -2.54. The molecule has 0 aromatic carbocycles. The fourth-order valence-electron chi connectivity index (χ4n) is 2.45. The van der Waals surface area contributed by atoms with Crippen LogP contribution in [0, 0.1) is 0 Å². The zero-order valence-corrected chi connectivity index (χ0v) is 15.8. The number of hydrogen-bond donors (Lipinski definition) is 1. The maximum atomic E-state index is 11.1. The van der Waals surface area contributed by atoms with Crippen LogP contribution in [0.4, 0.5) is 4.79 Å². The highest BCUT2D eigenvalue weighted by Gasteiger charge is 2.45. The summed E-state index contributed by atoms with van der Waals surface area (Å²) < 4.78 is 22.9. The van der Waals surface area contributed by atoms with Crippen LogP contribution in [0.15, 0.2) is 0 Å². The van der Waals surface area contributed by atoms with Crippen LogP contribution in [0.25, 0.3) is 0 Å². The highest BCUT2D eigenvalue weighted by atomic mass is 28.4. The molecule has 0 radical (unpaired) electrons. The van der Waals surface area contributed by atoms with Gasteiger partial charge in [0.05, 0.1) is 6.04 Å². The van der Waals surface area contributed by atoms with Crippen molar-refractivity contribution in [2.45, 2.75) is 52.3 Å². The van der Waals surface area contributed by atoms with Gasteiger partial charge >= 0.3 is 14.9 Å². The summed E-state index contributed by atoms with van der Waals surface area (Å²) in [5.41, 5.74) is 5.18. The molecule has 22 heavy (non-hydrogen) atoms. The lowest BCUT2D eigenvalue weighted by molar-refractivity contribution is 0.0284. The molecule has 1 amide bonds. The number of likely N-dealkylation sites (N-methyl/N-ethyl adjacent to an activating group) is 1. The van der Waals surface area contributed by atoms with Gasteiger partial charge in [0.15, 0.2) is 0 Å². The number of rotatable bonds is 12. The number of carbonyl (C=O) groups excluding carboxylic acids is 1. The van der Waals surface area contributed by atoms with E-state index >= 15 is 0 Å². The molecule has 0 spiro atoms. The molecule has 0 saturated heterocycles. The third kappa shape index (κ3) is 7.06. The zero-order chi connectivity index (χ0) is 17.2. The van der Waals surface area contributed by atoms with Gasteiger partial charge in [-0.2, -0.15) is 0 Å². The average molecular weight is 337 g/mol. The van der Waals surface area contributed by atoms with Gasteiger partial charge < -0.3 is 28.6 Å². The third-order valence-electron chi connectivity index (χ3n) is 3.31. The summed E-state index contributed by atoms with van der Waals surface area (Å²) in [6.07, 6.45) is -0.448. The summed E-state index contributed by atoms with van der Waals surface area (Å²) in [7, 11) is 1.04. The normalized spacial score (nSPS) is 14.9. The van der Waals surface area contributed by atoms with E-state index in [0.29, 0.717) is 32.3 Å². The first-order valence-electron chi connectivity index (χ1n) is 7.90. The van der Waals surface area contributed by atoms with Crippen LogP contribution >= 0.6 is 0 Å². The van der Waals surface area contributed by atoms with Gasteiger partial charge in [0.2, 0.25) is 0 Å². The van der Waals surface area contributed by atoms with Crippen molar-refractivity contribution in [1.82, 2.24) is 4.90 Å². The van der Waals surface area contributed by atoms with Crippen molar-refractivity contribution in [3.05, 3.63) is 0 Å². The van der Waals surface area contributed by atoms with Crippen molar-refractivity contribution in [1.29, 1.82) is 0 Å². The summed E-state index contributed by atoms with van der Waals surface area (Å²) in [6.45, 7) is 9.25. The van der Waals surface area contributed by atoms with Crippen LogP contribution in [0.3, 0.4) is 0 Å². The lowest BCUT2D eigenvalue weighted by Gasteiger charge is -2.37. The van der Waals surface area contributed by atoms with Gasteiger partial charge in [-0.05, 0) is 41.3 Å². The van der Waals surface area contributed by atoms with Crippen LogP contribution < -0.4 is 5.73 Å². The van der Waals surface area contributed by atoms with Crippen LogP contribution in [0.2, 0.25) is 6.04 Å². The number of nitrogens with two attached hydrogens (primary N) is 1. The van der Waals surface area contributed by atoms with Crippen LogP contribution in [0.5, 0.6) is 0 Å². The second-order valence-electron chi connectivity index (χ2n) is 5.10. The summed E-state index contributed by atoms with van der Waals surface area (Å²) >= 11 is 0. The molecule has 0 aromatic rings. The van der Waals surface area contributed by atoms with Crippen molar-refractivity contribution in [2.24, 2.45) is 5.73 Å². The molecule has 132 valence electrons. The van der Waals surface area contributed by atoms with Crippen LogP contribution in [-0.4, -0.2) is 65.9 Å². The van der Waals surface area contributed by atoms with Crippen molar-refractivity contribution in [2.75, 3.05) is 33.9 Å². The summed E-state index contributed by atoms with van der Waals surface area (Å²) in [5.74, 6) is 0. The first kappa shape index (κ1) is 21.3. The number of ether oxygens (including phenoxy) is 1. The number of nitrogens with zero attached hydrogens (tertiary/aromatic N) is 1. The molecule has 0 aliphatic carbocycles. The number of carbonyl (C=O) groups is 1. The smallest absolute Gasteiger partial charge is 0.445 e. The van der Waals surface area contributed by atoms with E-state index in [0.717, 1.165) is 0 Å². The van der Waals surface area contributed by atoms with E-state index < -0.39 is 14.9 Å². The first-order chi connectivity index (χ1) is 10.4. The predicted molar refractivity (Wildman–Crippen MR) is 87.7 cm³/mol. The topological polar surface area (TPSA) is 83.3 Å². The Labute approximate surface area is 135 Å². The van der Waals surface area contributed by atoms with Gasteiger partial charge in [-0.3, -0.25) is 0 Å². The van der Waals surface area contributed by atoms with E-state index in [2.05, 4.69) is 0 Å². The Morgan fingerprint density at radius 1 is 1.05 bits per heavy atom.